The molecule has 0 amide bonds. The number of hydrogen-bond acceptors (Lipinski definition) is 7. The summed E-state index contributed by atoms with van der Waals surface area (Å²) in [5.41, 5.74) is 1.55. The molecule has 7 nitrogen and oxygen atoms in total. The maximum atomic E-state index is 14.5. The van der Waals surface area contributed by atoms with E-state index in [0.717, 1.165) is 42.8 Å². The van der Waals surface area contributed by atoms with Crippen LogP contribution in [0, 0.1) is 11.6 Å². The van der Waals surface area contributed by atoms with E-state index in [1.807, 2.05) is 24.3 Å². The molecule has 2 heterocycles. The van der Waals surface area contributed by atoms with Crippen molar-refractivity contribution in [2.75, 3.05) is 47.2 Å². The van der Waals surface area contributed by atoms with Crippen molar-refractivity contribution in [3.63, 3.8) is 0 Å². The topological polar surface area (TPSA) is 74.3 Å². The van der Waals surface area contributed by atoms with Crippen LogP contribution in [0.4, 0.5) is 56.5 Å². The molecule has 208 valence electrons. The molecule has 12 heteroatoms. The molecule has 4 aromatic rings. The number of ether oxygens (including phenoxy) is 1. The van der Waals surface area contributed by atoms with Crippen molar-refractivity contribution in [2.45, 2.75) is 12.7 Å². The summed E-state index contributed by atoms with van der Waals surface area (Å²) in [6.07, 6.45) is -3.65. The fourth-order valence-electron chi connectivity index (χ4n) is 4.23. The van der Waals surface area contributed by atoms with Gasteiger partial charge in [-0.1, -0.05) is 12.1 Å². The fourth-order valence-corrected chi connectivity index (χ4v) is 4.23. The Morgan fingerprint density at radius 3 is 2.35 bits per heavy atom. The third-order valence-corrected chi connectivity index (χ3v) is 6.23. The molecular formula is C28H25F5N6O. The van der Waals surface area contributed by atoms with Gasteiger partial charge in [0.1, 0.15) is 5.82 Å². The maximum Gasteiger partial charge on any atom is 0.416 e. The fraction of sp³-hybridized carbons (Fsp3) is 0.214. The molecule has 0 atom stereocenters. The van der Waals surface area contributed by atoms with Crippen molar-refractivity contribution in [1.82, 2.24) is 9.97 Å². The molecule has 1 aromatic heterocycles. The third kappa shape index (κ3) is 6.75. The third-order valence-electron chi connectivity index (χ3n) is 6.23. The van der Waals surface area contributed by atoms with Crippen LogP contribution < -0.4 is 20.9 Å². The molecule has 3 N–H and O–H groups in total. The van der Waals surface area contributed by atoms with Gasteiger partial charge in [-0.15, -0.1) is 0 Å². The lowest BCUT2D eigenvalue weighted by molar-refractivity contribution is -0.138. The van der Waals surface area contributed by atoms with Gasteiger partial charge in [0, 0.05) is 42.4 Å². The first kappa shape index (κ1) is 27.1. The number of nitrogens with one attached hydrogen (secondary N) is 3. The Balaban J connectivity index is 1.25. The minimum atomic E-state index is -4.69. The van der Waals surface area contributed by atoms with Gasteiger partial charge < -0.3 is 25.6 Å². The monoisotopic (exact) mass is 556 g/mol. The van der Waals surface area contributed by atoms with Crippen molar-refractivity contribution < 1.29 is 26.7 Å². The van der Waals surface area contributed by atoms with E-state index in [0.29, 0.717) is 30.7 Å². The number of hydrogen-bond donors (Lipinski definition) is 3. The van der Waals surface area contributed by atoms with Gasteiger partial charge in [0.05, 0.1) is 25.0 Å². The minimum Gasteiger partial charge on any atom is -0.381 e. The van der Waals surface area contributed by atoms with E-state index < -0.39 is 23.4 Å². The van der Waals surface area contributed by atoms with Crippen LogP contribution >= 0.6 is 0 Å². The highest BCUT2D eigenvalue weighted by molar-refractivity contribution is 5.65. The molecule has 1 saturated heterocycles. The van der Waals surface area contributed by atoms with Crippen LogP contribution in [0.5, 0.6) is 0 Å². The van der Waals surface area contributed by atoms with E-state index in [4.69, 9.17) is 4.74 Å². The molecule has 0 spiro atoms. The number of alkyl halides is 3. The lowest BCUT2D eigenvalue weighted by Crippen LogP contribution is -2.36. The average molecular weight is 557 g/mol. The first-order valence-corrected chi connectivity index (χ1v) is 12.4. The van der Waals surface area contributed by atoms with E-state index in [-0.39, 0.29) is 23.9 Å². The zero-order chi connectivity index (χ0) is 28.1. The normalized spacial score (nSPS) is 13.7. The molecule has 0 radical (unpaired) electrons. The van der Waals surface area contributed by atoms with E-state index in [2.05, 4.69) is 30.8 Å². The second-order valence-corrected chi connectivity index (χ2v) is 9.02. The van der Waals surface area contributed by atoms with Crippen molar-refractivity contribution >= 4 is 34.5 Å². The maximum absolute atomic E-state index is 14.5. The predicted octanol–water partition coefficient (Wildman–Crippen LogP) is 6.71. The molecular weight excluding hydrogens is 531 g/mol. The van der Waals surface area contributed by atoms with Gasteiger partial charge in [-0.25, -0.2) is 13.8 Å². The van der Waals surface area contributed by atoms with Crippen molar-refractivity contribution in [3.05, 3.63) is 95.7 Å². The molecule has 0 saturated carbocycles. The number of aromatic nitrogens is 2. The quantitative estimate of drug-likeness (QED) is 0.208. The Morgan fingerprint density at radius 1 is 0.850 bits per heavy atom. The standard InChI is InChI=1S/C28H25F5N6O/c29-19-5-4-18(24(14-19)28(31,32)33)16-34-21-2-1-3-22(15-21)36-26-25(30)17-35-27(38-26)37-20-6-8-23(9-7-20)39-10-12-40-13-11-39/h1-9,14-15,17,34H,10-13,16H2,(H2,35,36,37,38). The first-order valence-electron chi connectivity index (χ1n) is 12.4. The number of rotatable bonds is 8. The molecule has 40 heavy (non-hydrogen) atoms. The first-order chi connectivity index (χ1) is 19.2. The van der Waals surface area contributed by atoms with Crippen LogP contribution in [0.3, 0.4) is 0 Å². The Bertz CT molecular complexity index is 1460. The number of morpholine rings is 1. The van der Waals surface area contributed by atoms with E-state index >= 15 is 0 Å². The summed E-state index contributed by atoms with van der Waals surface area (Å²) in [6, 6.07) is 16.8. The van der Waals surface area contributed by atoms with Crippen LogP contribution in [-0.4, -0.2) is 36.3 Å². The molecule has 0 aliphatic carbocycles. The zero-order valence-corrected chi connectivity index (χ0v) is 21.1. The highest BCUT2D eigenvalue weighted by atomic mass is 19.4. The van der Waals surface area contributed by atoms with Crippen LogP contribution in [0.15, 0.2) is 72.9 Å². The summed E-state index contributed by atoms with van der Waals surface area (Å²) < 4.78 is 73.2. The summed E-state index contributed by atoms with van der Waals surface area (Å²) in [7, 11) is 0. The van der Waals surface area contributed by atoms with Crippen LogP contribution in [-0.2, 0) is 17.5 Å². The second-order valence-electron chi connectivity index (χ2n) is 9.02. The highest BCUT2D eigenvalue weighted by Crippen LogP contribution is 2.33. The summed E-state index contributed by atoms with van der Waals surface area (Å²) >= 11 is 0. The summed E-state index contributed by atoms with van der Waals surface area (Å²) in [5.74, 6) is -1.56. The molecule has 3 aromatic carbocycles. The van der Waals surface area contributed by atoms with E-state index in [1.165, 1.54) is 0 Å². The molecule has 1 aliphatic heterocycles. The lowest BCUT2D eigenvalue weighted by atomic mass is 10.1. The molecule has 0 bridgehead atoms. The van der Waals surface area contributed by atoms with Gasteiger partial charge in [0.2, 0.25) is 5.95 Å². The molecule has 1 aliphatic rings. The predicted molar refractivity (Wildman–Crippen MR) is 143 cm³/mol. The summed E-state index contributed by atoms with van der Waals surface area (Å²) in [6.45, 7) is 2.82. The lowest BCUT2D eigenvalue weighted by Gasteiger charge is -2.28. The van der Waals surface area contributed by atoms with Gasteiger partial charge in [0.15, 0.2) is 11.6 Å². The number of nitrogens with zero attached hydrogens (tertiary/aromatic N) is 3. The van der Waals surface area contributed by atoms with E-state index in [1.54, 1.807) is 24.3 Å². The molecule has 1 fully saturated rings. The Kier molecular flexibility index (Phi) is 7.96. The SMILES string of the molecule is Fc1ccc(CNc2cccc(Nc3nc(Nc4ccc(N5CCOCC5)cc4)ncc3F)c2)c(C(F)(F)F)c1. The average Bonchev–Trinajstić information content (AvgIpc) is 2.95. The number of anilines is 6. The van der Waals surface area contributed by atoms with Crippen molar-refractivity contribution in [1.29, 1.82) is 0 Å². The van der Waals surface area contributed by atoms with Gasteiger partial charge in [-0.05, 0) is 60.2 Å². The van der Waals surface area contributed by atoms with Crippen LogP contribution in [0.25, 0.3) is 0 Å². The van der Waals surface area contributed by atoms with Gasteiger partial charge >= 0.3 is 6.18 Å². The molecule has 0 unspecified atom stereocenters. The van der Waals surface area contributed by atoms with Crippen LogP contribution in [0.2, 0.25) is 0 Å². The molecule has 5 rings (SSSR count). The second kappa shape index (κ2) is 11.7. The summed E-state index contributed by atoms with van der Waals surface area (Å²) in [5, 5.41) is 8.83. The minimum absolute atomic E-state index is 0.0857. The van der Waals surface area contributed by atoms with Gasteiger partial charge in [-0.3, -0.25) is 0 Å². The van der Waals surface area contributed by atoms with Crippen molar-refractivity contribution in [3.8, 4) is 0 Å². The Morgan fingerprint density at radius 2 is 1.60 bits per heavy atom. The highest BCUT2D eigenvalue weighted by Gasteiger charge is 2.33. The zero-order valence-electron chi connectivity index (χ0n) is 21.1. The Labute approximate surface area is 227 Å². The number of benzene rings is 3. The largest absolute Gasteiger partial charge is 0.416 e. The van der Waals surface area contributed by atoms with Gasteiger partial charge in [-0.2, -0.15) is 18.2 Å². The number of halogens is 5. The van der Waals surface area contributed by atoms with Crippen LogP contribution in [0.1, 0.15) is 11.1 Å². The Hall–Kier alpha value is -4.45. The smallest absolute Gasteiger partial charge is 0.381 e. The van der Waals surface area contributed by atoms with E-state index in [9.17, 15) is 22.0 Å². The summed E-state index contributed by atoms with van der Waals surface area (Å²) in [4.78, 5) is 10.5. The van der Waals surface area contributed by atoms with Gasteiger partial charge in [0.25, 0.3) is 0 Å². The van der Waals surface area contributed by atoms with Crippen molar-refractivity contribution in [2.24, 2.45) is 0 Å².